The van der Waals surface area contributed by atoms with Gasteiger partial charge in [-0.05, 0) is 42.0 Å². The molecule has 180 valence electrons. The molecule has 4 rings (SSSR count). The highest BCUT2D eigenvalue weighted by molar-refractivity contribution is 5.79. The molecule has 0 aliphatic heterocycles. The first-order chi connectivity index (χ1) is 16.3. The van der Waals surface area contributed by atoms with E-state index >= 15 is 0 Å². The fourth-order valence-electron chi connectivity index (χ4n) is 3.49. The first-order valence-electron chi connectivity index (χ1n) is 10.9. The second kappa shape index (κ2) is 10.2. The zero-order valence-electron chi connectivity index (χ0n) is 18.2. The minimum atomic E-state index is -4.46. The number of aromatic nitrogens is 4. The Hall–Kier alpha value is -3.47. The highest BCUT2D eigenvalue weighted by Crippen LogP contribution is 2.39. The van der Waals surface area contributed by atoms with E-state index in [1.165, 1.54) is 35.2 Å². The monoisotopic (exact) mass is 475 g/mol. The van der Waals surface area contributed by atoms with E-state index in [1.54, 1.807) is 6.20 Å². The molecule has 0 saturated heterocycles. The van der Waals surface area contributed by atoms with E-state index in [0.29, 0.717) is 17.3 Å². The summed E-state index contributed by atoms with van der Waals surface area (Å²) in [7, 11) is 0. The standard InChI is InChI=1S/C23H24F3N5O3/c24-23(25,26)14-34-18-7-8-19(27-12-18)22(20-13-31(9-10-32)30-29-20)28-21(33)11-15-1-3-16(4-2-15)17-5-6-17/h1-4,7-8,12-13,17,22,32H,5-6,9-11,14H2,(H,28,33)/t22-/m0/s1. The third-order valence-electron chi connectivity index (χ3n) is 5.34. The van der Waals surface area contributed by atoms with Crippen LogP contribution in [-0.2, 0) is 17.8 Å². The normalized spacial score (nSPS) is 14.6. The molecule has 0 radical (unpaired) electrons. The van der Waals surface area contributed by atoms with Crippen LogP contribution in [0.15, 0.2) is 48.8 Å². The Labute approximate surface area is 193 Å². The Morgan fingerprint density at radius 3 is 2.56 bits per heavy atom. The van der Waals surface area contributed by atoms with E-state index in [2.05, 4.69) is 20.6 Å². The van der Waals surface area contributed by atoms with Crippen LogP contribution in [0.5, 0.6) is 5.75 Å². The van der Waals surface area contributed by atoms with Crippen molar-refractivity contribution in [2.45, 2.75) is 43.9 Å². The van der Waals surface area contributed by atoms with Crippen molar-refractivity contribution in [3.8, 4) is 5.75 Å². The molecule has 1 aliphatic carbocycles. The molecule has 1 amide bonds. The number of rotatable bonds is 10. The van der Waals surface area contributed by atoms with Gasteiger partial charge in [-0.1, -0.05) is 29.5 Å². The largest absolute Gasteiger partial charge is 0.483 e. The SMILES string of the molecule is O=C(Cc1ccc(C2CC2)cc1)N[C@@H](c1ccc(OCC(F)(F)F)cn1)c1cn(CCO)nn1. The molecule has 2 heterocycles. The Morgan fingerprint density at radius 1 is 1.18 bits per heavy atom. The number of aliphatic hydroxyl groups excluding tert-OH is 1. The second-order valence-corrected chi connectivity index (χ2v) is 8.15. The average molecular weight is 475 g/mol. The lowest BCUT2D eigenvalue weighted by Gasteiger charge is -2.17. The number of hydrogen-bond donors (Lipinski definition) is 2. The fraction of sp³-hybridized carbons (Fsp3) is 0.391. The summed E-state index contributed by atoms with van der Waals surface area (Å²) < 4.78 is 43.3. The zero-order chi connectivity index (χ0) is 24.1. The van der Waals surface area contributed by atoms with E-state index in [0.717, 1.165) is 11.8 Å². The van der Waals surface area contributed by atoms with E-state index in [4.69, 9.17) is 9.84 Å². The summed E-state index contributed by atoms with van der Waals surface area (Å²) in [5.74, 6) is 0.300. The number of hydrogen-bond acceptors (Lipinski definition) is 6. The first kappa shape index (κ1) is 23.7. The number of pyridine rings is 1. The third-order valence-corrected chi connectivity index (χ3v) is 5.34. The number of carbonyl (C=O) groups excluding carboxylic acids is 1. The molecule has 3 aromatic rings. The number of aliphatic hydroxyl groups is 1. The number of nitrogens with one attached hydrogen (secondary N) is 1. The van der Waals surface area contributed by atoms with Gasteiger partial charge in [-0.15, -0.1) is 5.10 Å². The molecular weight excluding hydrogens is 451 g/mol. The van der Waals surface area contributed by atoms with Gasteiger partial charge in [0, 0.05) is 0 Å². The highest BCUT2D eigenvalue weighted by atomic mass is 19.4. The van der Waals surface area contributed by atoms with E-state index in [-0.39, 0.29) is 31.2 Å². The van der Waals surface area contributed by atoms with E-state index < -0.39 is 18.8 Å². The van der Waals surface area contributed by atoms with Crippen LogP contribution >= 0.6 is 0 Å². The first-order valence-corrected chi connectivity index (χ1v) is 10.9. The van der Waals surface area contributed by atoms with Crippen LogP contribution in [0, 0.1) is 0 Å². The molecule has 2 N–H and O–H groups in total. The number of carbonyl (C=O) groups is 1. The van der Waals surface area contributed by atoms with Gasteiger partial charge in [0.05, 0.1) is 37.7 Å². The molecule has 0 unspecified atom stereocenters. The molecule has 1 aromatic carbocycles. The lowest BCUT2D eigenvalue weighted by atomic mass is 10.1. The van der Waals surface area contributed by atoms with Crippen molar-refractivity contribution in [1.29, 1.82) is 0 Å². The number of nitrogens with zero attached hydrogens (tertiary/aromatic N) is 4. The summed E-state index contributed by atoms with van der Waals surface area (Å²) >= 11 is 0. The summed E-state index contributed by atoms with van der Waals surface area (Å²) in [6.07, 6.45) is 0.809. The fourth-order valence-corrected chi connectivity index (χ4v) is 3.49. The van der Waals surface area contributed by atoms with Crippen molar-refractivity contribution in [2.75, 3.05) is 13.2 Å². The quantitative estimate of drug-likeness (QED) is 0.468. The van der Waals surface area contributed by atoms with Gasteiger partial charge < -0.3 is 15.2 Å². The summed E-state index contributed by atoms with van der Waals surface area (Å²) in [5.41, 5.74) is 2.86. The molecule has 8 nitrogen and oxygen atoms in total. The molecule has 0 bridgehead atoms. The molecule has 1 aliphatic rings. The summed E-state index contributed by atoms with van der Waals surface area (Å²) in [4.78, 5) is 17.0. The Kier molecular flexibility index (Phi) is 7.11. The number of benzene rings is 1. The highest BCUT2D eigenvalue weighted by Gasteiger charge is 2.29. The lowest BCUT2D eigenvalue weighted by Crippen LogP contribution is -2.31. The van der Waals surface area contributed by atoms with Crippen LogP contribution in [0.1, 0.15) is 47.3 Å². The predicted octanol–water partition coefficient (Wildman–Crippen LogP) is 2.93. The minimum Gasteiger partial charge on any atom is -0.483 e. The van der Waals surface area contributed by atoms with Crippen LogP contribution < -0.4 is 10.1 Å². The Balaban J connectivity index is 1.48. The summed E-state index contributed by atoms with van der Waals surface area (Å²) in [6, 6.07) is 9.98. The maximum Gasteiger partial charge on any atom is 0.422 e. The topological polar surface area (TPSA) is 102 Å². The minimum absolute atomic E-state index is 0.0501. The second-order valence-electron chi connectivity index (χ2n) is 8.15. The molecule has 1 saturated carbocycles. The zero-order valence-corrected chi connectivity index (χ0v) is 18.2. The predicted molar refractivity (Wildman–Crippen MR) is 115 cm³/mol. The van der Waals surface area contributed by atoms with Crippen LogP contribution in [0.2, 0.25) is 0 Å². The van der Waals surface area contributed by atoms with Crippen molar-refractivity contribution >= 4 is 5.91 Å². The van der Waals surface area contributed by atoms with Gasteiger partial charge in [0.1, 0.15) is 17.5 Å². The van der Waals surface area contributed by atoms with Crippen molar-refractivity contribution in [1.82, 2.24) is 25.3 Å². The molecule has 2 aromatic heterocycles. The molecule has 1 atom stereocenters. The van der Waals surface area contributed by atoms with Gasteiger partial charge in [-0.2, -0.15) is 13.2 Å². The molecule has 11 heteroatoms. The average Bonchev–Trinajstić information content (AvgIpc) is 3.56. The van der Waals surface area contributed by atoms with Crippen molar-refractivity contribution in [2.24, 2.45) is 0 Å². The summed E-state index contributed by atoms with van der Waals surface area (Å²) in [6.45, 7) is -1.35. The molecule has 0 spiro atoms. The Morgan fingerprint density at radius 2 is 1.94 bits per heavy atom. The maximum absolute atomic E-state index is 12.8. The molecule has 1 fully saturated rings. The summed E-state index contributed by atoms with van der Waals surface area (Å²) in [5, 5.41) is 20.0. The van der Waals surface area contributed by atoms with Gasteiger partial charge in [0.15, 0.2) is 6.61 Å². The third kappa shape index (κ3) is 6.53. The van der Waals surface area contributed by atoms with Crippen LogP contribution in [0.3, 0.4) is 0 Å². The van der Waals surface area contributed by atoms with Crippen LogP contribution in [-0.4, -0.2) is 50.4 Å². The van der Waals surface area contributed by atoms with Crippen LogP contribution in [0.4, 0.5) is 13.2 Å². The Bertz CT molecular complexity index is 1100. The van der Waals surface area contributed by atoms with Crippen LogP contribution in [0.25, 0.3) is 0 Å². The number of amides is 1. The van der Waals surface area contributed by atoms with E-state index in [9.17, 15) is 18.0 Å². The van der Waals surface area contributed by atoms with Crippen molar-refractivity contribution in [3.05, 3.63) is 71.3 Å². The van der Waals surface area contributed by atoms with E-state index in [1.807, 2.05) is 24.3 Å². The van der Waals surface area contributed by atoms with Crippen molar-refractivity contribution in [3.63, 3.8) is 0 Å². The molecular formula is C23H24F3N5O3. The number of halogens is 3. The molecule has 34 heavy (non-hydrogen) atoms. The smallest absolute Gasteiger partial charge is 0.422 e. The van der Waals surface area contributed by atoms with Gasteiger partial charge >= 0.3 is 6.18 Å². The number of alkyl halides is 3. The van der Waals surface area contributed by atoms with Gasteiger partial charge in [0.25, 0.3) is 0 Å². The van der Waals surface area contributed by atoms with Gasteiger partial charge in [0.2, 0.25) is 5.91 Å². The van der Waals surface area contributed by atoms with Crippen molar-refractivity contribution < 1.29 is 27.8 Å². The van der Waals surface area contributed by atoms with Gasteiger partial charge in [-0.25, -0.2) is 4.68 Å². The number of ether oxygens (including phenoxy) is 1. The lowest BCUT2D eigenvalue weighted by molar-refractivity contribution is -0.153. The maximum atomic E-state index is 12.8. The van der Waals surface area contributed by atoms with Gasteiger partial charge in [-0.3, -0.25) is 9.78 Å².